The van der Waals surface area contributed by atoms with Crippen LogP contribution >= 0.6 is 0 Å². The van der Waals surface area contributed by atoms with Crippen LogP contribution in [0.1, 0.15) is 31.2 Å². The van der Waals surface area contributed by atoms with Crippen molar-refractivity contribution >= 4 is 0 Å². The van der Waals surface area contributed by atoms with Crippen LogP contribution in [-0.2, 0) is 6.54 Å². The molecule has 0 saturated carbocycles. The largest absolute Gasteiger partial charge is 0.396 e. The summed E-state index contributed by atoms with van der Waals surface area (Å²) in [6.07, 6.45) is 8.70. The molecule has 2 aromatic rings. The zero-order chi connectivity index (χ0) is 17.8. The van der Waals surface area contributed by atoms with E-state index in [1.165, 1.54) is 31.5 Å². The van der Waals surface area contributed by atoms with E-state index in [1.807, 2.05) is 23.1 Å². The van der Waals surface area contributed by atoms with Gasteiger partial charge in [0, 0.05) is 38.1 Å². The number of likely N-dealkylation sites (tertiary alicyclic amines) is 2. The van der Waals surface area contributed by atoms with E-state index in [0.717, 1.165) is 38.2 Å². The average Bonchev–Trinajstić information content (AvgIpc) is 3.24. The van der Waals surface area contributed by atoms with Crippen LogP contribution in [0, 0.1) is 5.92 Å². The average molecular weight is 354 g/mol. The number of piperidine rings is 2. The zero-order valence-electron chi connectivity index (χ0n) is 15.5. The molecule has 5 heteroatoms. The number of hydrogen-bond acceptors (Lipinski definition) is 4. The summed E-state index contributed by atoms with van der Waals surface area (Å²) in [6, 6.07) is 11.4. The molecule has 3 heterocycles. The van der Waals surface area contributed by atoms with Crippen LogP contribution in [0.3, 0.4) is 0 Å². The predicted molar refractivity (Wildman–Crippen MR) is 103 cm³/mol. The van der Waals surface area contributed by atoms with Gasteiger partial charge in [-0.3, -0.25) is 9.80 Å². The van der Waals surface area contributed by atoms with Crippen LogP contribution in [0.25, 0.3) is 5.69 Å². The van der Waals surface area contributed by atoms with E-state index in [0.29, 0.717) is 18.6 Å². The first kappa shape index (κ1) is 17.7. The molecular weight excluding hydrogens is 324 g/mol. The number of benzene rings is 1. The van der Waals surface area contributed by atoms with Crippen LogP contribution in [0.5, 0.6) is 0 Å². The second kappa shape index (κ2) is 8.33. The van der Waals surface area contributed by atoms with Gasteiger partial charge in [-0.2, -0.15) is 5.10 Å². The summed E-state index contributed by atoms with van der Waals surface area (Å²) in [6.45, 7) is 6.07. The van der Waals surface area contributed by atoms with Gasteiger partial charge in [-0.25, -0.2) is 4.68 Å². The molecule has 2 aliphatic rings. The first-order valence-electron chi connectivity index (χ1n) is 9.98. The minimum absolute atomic E-state index is 0.360. The fraction of sp³-hybridized carbons (Fsp3) is 0.571. The Kier molecular flexibility index (Phi) is 5.68. The molecule has 1 N–H and O–H groups in total. The molecular formula is C21H30N4O. The Morgan fingerprint density at radius 1 is 1.04 bits per heavy atom. The van der Waals surface area contributed by atoms with Crippen molar-refractivity contribution in [3.63, 3.8) is 0 Å². The van der Waals surface area contributed by atoms with Gasteiger partial charge >= 0.3 is 0 Å². The van der Waals surface area contributed by atoms with Crippen molar-refractivity contribution in [2.75, 3.05) is 32.8 Å². The van der Waals surface area contributed by atoms with Crippen molar-refractivity contribution in [3.05, 3.63) is 48.3 Å². The molecule has 0 amide bonds. The summed E-state index contributed by atoms with van der Waals surface area (Å²) in [4.78, 5) is 5.27. The molecule has 2 aliphatic heterocycles. The third-order valence-electron chi connectivity index (χ3n) is 6.02. The maximum Gasteiger partial charge on any atom is 0.0645 e. The summed E-state index contributed by atoms with van der Waals surface area (Å²) >= 11 is 0. The molecule has 2 saturated heterocycles. The molecule has 1 atom stereocenters. The van der Waals surface area contributed by atoms with E-state index in [-0.39, 0.29) is 0 Å². The third-order valence-corrected chi connectivity index (χ3v) is 6.02. The lowest BCUT2D eigenvalue weighted by molar-refractivity contribution is 0.0544. The molecule has 0 radical (unpaired) electrons. The highest BCUT2D eigenvalue weighted by molar-refractivity contribution is 5.33. The summed E-state index contributed by atoms with van der Waals surface area (Å²) < 4.78 is 1.90. The van der Waals surface area contributed by atoms with Crippen LogP contribution in [0.15, 0.2) is 42.7 Å². The van der Waals surface area contributed by atoms with Gasteiger partial charge in [0.25, 0.3) is 0 Å². The molecule has 5 nitrogen and oxygen atoms in total. The Labute approximate surface area is 156 Å². The first-order valence-corrected chi connectivity index (χ1v) is 9.98. The van der Waals surface area contributed by atoms with Crippen molar-refractivity contribution in [2.45, 2.75) is 38.3 Å². The lowest BCUT2D eigenvalue weighted by Crippen LogP contribution is -2.50. The SMILES string of the molecule is OCC1CCN([C@@H]2CCCN(Cc3ccc(-n4cccn4)cc3)C2)CC1. The van der Waals surface area contributed by atoms with Gasteiger partial charge in [0.1, 0.15) is 0 Å². The Morgan fingerprint density at radius 2 is 1.85 bits per heavy atom. The van der Waals surface area contributed by atoms with Crippen LogP contribution in [0.2, 0.25) is 0 Å². The molecule has 2 fully saturated rings. The van der Waals surface area contributed by atoms with Gasteiger partial charge in [-0.1, -0.05) is 12.1 Å². The summed E-state index contributed by atoms with van der Waals surface area (Å²) in [5.41, 5.74) is 2.49. The monoisotopic (exact) mass is 354 g/mol. The predicted octanol–water partition coefficient (Wildman–Crippen LogP) is 2.54. The lowest BCUT2D eigenvalue weighted by atomic mass is 9.94. The molecule has 0 bridgehead atoms. The van der Waals surface area contributed by atoms with E-state index in [9.17, 15) is 5.11 Å². The maximum absolute atomic E-state index is 9.34. The third kappa shape index (κ3) is 4.17. The van der Waals surface area contributed by atoms with E-state index in [2.05, 4.69) is 39.2 Å². The summed E-state index contributed by atoms with van der Waals surface area (Å²) in [7, 11) is 0. The fourth-order valence-corrected chi connectivity index (χ4v) is 4.41. The van der Waals surface area contributed by atoms with Crippen molar-refractivity contribution < 1.29 is 5.11 Å². The van der Waals surface area contributed by atoms with Gasteiger partial charge < -0.3 is 5.11 Å². The topological polar surface area (TPSA) is 44.5 Å². The van der Waals surface area contributed by atoms with Crippen LogP contribution in [0.4, 0.5) is 0 Å². The molecule has 26 heavy (non-hydrogen) atoms. The molecule has 0 spiro atoms. The maximum atomic E-state index is 9.34. The molecule has 140 valence electrons. The molecule has 1 aromatic carbocycles. The molecule has 1 aromatic heterocycles. The fourth-order valence-electron chi connectivity index (χ4n) is 4.41. The number of aliphatic hydroxyl groups excluding tert-OH is 1. The van der Waals surface area contributed by atoms with Crippen molar-refractivity contribution in [1.82, 2.24) is 19.6 Å². The van der Waals surface area contributed by atoms with Crippen molar-refractivity contribution in [3.8, 4) is 5.69 Å². The lowest BCUT2D eigenvalue weighted by Gasteiger charge is -2.42. The Balaban J connectivity index is 1.32. The normalized spacial score (nSPS) is 23.3. The Bertz CT molecular complexity index is 662. The van der Waals surface area contributed by atoms with E-state index in [1.54, 1.807) is 0 Å². The highest BCUT2D eigenvalue weighted by Gasteiger charge is 2.28. The standard InChI is InChI=1S/C21H30N4O/c26-17-19-8-13-24(14-9-19)21-3-1-11-23(16-21)15-18-4-6-20(7-5-18)25-12-2-10-22-25/h2,4-7,10,12,19,21,26H,1,3,8-9,11,13-17H2/t21-/m1/s1. The van der Waals surface area contributed by atoms with E-state index < -0.39 is 0 Å². The van der Waals surface area contributed by atoms with Gasteiger partial charge in [0.2, 0.25) is 0 Å². The Morgan fingerprint density at radius 3 is 2.54 bits per heavy atom. The second-order valence-electron chi connectivity index (χ2n) is 7.81. The zero-order valence-corrected chi connectivity index (χ0v) is 15.5. The Hall–Kier alpha value is -1.69. The van der Waals surface area contributed by atoms with Gasteiger partial charge in [0.15, 0.2) is 0 Å². The summed E-state index contributed by atoms with van der Waals surface area (Å²) in [5.74, 6) is 0.527. The minimum atomic E-state index is 0.360. The number of aromatic nitrogens is 2. The first-order chi connectivity index (χ1) is 12.8. The number of rotatable bonds is 5. The number of nitrogens with zero attached hydrogens (tertiary/aromatic N) is 4. The highest BCUT2D eigenvalue weighted by atomic mass is 16.3. The van der Waals surface area contributed by atoms with E-state index in [4.69, 9.17) is 0 Å². The van der Waals surface area contributed by atoms with Crippen LogP contribution < -0.4 is 0 Å². The van der Waals surface area contributed by atoms with Crippen LogP contribution in [-0.4, -0.2) is 63.5 Å². The van der Waals surface area contributed by atoms with Crippen molar-refractivity contribution in [2.24, 2.45) is 5.92 Å². The number of aliphatic hydroxyl groups is 1. The molecule has 0 unspecified atom stereocenters. The molecule has 0 aliphatic carbocycles. The van der Waals surface area contributed by atoms with Gasteiger partial charge in [-0.15, -0.1) is 0 Å². The minimum Gasteiger partial charge on any atom is -0.396 e. The quantitative estimate of drug-likeness (QED) is 0.896. The summed E-state index contributed by atoms with van der Waals surface area (Å²) in [5, 5.41) is 13.6. The molecule has 4 rings (SSSR count). The number of hydrogen-bond donors (Lipinski definition) is 1. The second-order valence-corrected chi connectivity index (χ2v) is 7.81. The highest BCUT2D eigenvalue weighted by Crippen LogP contribution is 2.24. The smallest absolute Gasteiger partial charge is 0.0645 e. The van der Waals surface area contributed by atoms with Crippen molar-refractivity contribution in [1.29, 1.82) is 0 Å². The van der Waals surface area contributed by atoms with Gasteiger partial charge in [0.05, 0.1) is 5.69 Å². The van der Waals surface area contributed by atoms with Gasteiger partial charge in [-0.05, 0) is 75.0 Å². The van der Waals surface area contributed by atoms with E-state index >= 15 is 0 Å².